The highest BCUT2D eigenvalue weighted by Gasteiger charge is 2.32. The van der Waals surface area contributed by atoms with Crippen molar-refractivity contribution >= 4 is 17.6 Å². The van der Waals surface area contributed by atoms with Gasteiger partial charge in [0.15, 0.2) is 0 Å². The second-order valence-electron chi connectivity index (χ2n) is 10.5. The third-order valence-electron chi connectivity index (χ3n) is 8.42. The summed E-state index contributed by atoms with van der Waals surface area (Å²) in [4.78, 5) is 26.3. The van der Waals surface area contributed by atoms with Crippen LogP contribution in [-0.2, 0) is 9.59 Å². The van der Waals surface area contributed by atoms with E-state index in [4.69, 9.17) is 24.5 Å². The minimum absolute atomic E-state index is 0.770. The summed E-state index contributed by atoms with van der Waals surface area (Å²) in [5.41, 5.74) is 2.80. The Labute approximate surface area is 225 Å². The largest absolute Gasteiger partial charge is 0.495 e. The Kier molecular flexibility index (Phi) is 10.0. The fourth-order valence-electron chi connectivity index (χ4n) is 6.33. The molecule has 1 saturated carbocycles. The van der Waals surface area contributed by atoms with E-state index in [0.29, 0.717) is 0 Å². The number of carbonyl (C=O) groups is 2. The molecule has 2 aromatic rings. The van der Waals surface area contributed by atoms with Gasteiger partial charge >= 0.3 is 11.9 Å². The molecule has 206 valence electrons. The Morgan fingerprint density at radius 2 is 1.21 bits per heavy atom. The van der Waals surface area contributed by atoms with Gasteiger partial charge in [-0.2, -0.15) is 0 Å². The number of hydrogen-bond acceptors (Lipinski definition) is 6. The van der Waals surface area contributed by atoms with Crippen molar-refractivity contribution < 1.29 is 24.5 Å². The van der Waals surface area contributed by atoms with Crippen molar-refractivity contribution in [3.63, 3.8) is 0 Å². The zero-order valence-electron chi connectivity index (χ0n) is 22.4. The van der Waals surface area contributed by atoms with E-state index >= 15 is 0 Å². The van der Waals surface area contributed by atoms with Crippen LogP contribution >= 0.6 is 0 Å². The van der Waals surface area contributed by atoms with Crippen LogP contribution < -0.4 is 9.64 Å². The normalized spacial score (nSPS) is 23.2. The van der Waals surface area contributed by atoms with Gasteiger partial charge in [-0.25, -0.2) is 9.59 Å². The summed E-state index contributed by atoms with van der Waals surface area (Å²) >= 11 is 0. The Hall–Kier alpha value is -3.10. The van der Waals surface area contributed by atoms with Gasteiger partial charge in [-0.3, -0.25) is 4.90 Å². The van der Waals surface area contributed by atoms with Crippen LogP contribution in [0.25, 0.3) is 0 Å². The third kappa shape index (κ3) is 7.26. The molecule has 0 unspecified atom stereocenters. The molecule has 2 heterocycles. The van der Waals surface area contributed by atoms with Crippen LogP contribution in [0, 0.1) is 0 Å². The van der Waals surface area contributed by atoms with E-state index in [1.165, 1.54) is 70.4 Å². The molecule has 5 rings (SSSR count). The van der Waals surface area contributed by atoms with E-state index < -0.39 is 11.9 Å². The molecule has 8 nitrogen and oxygen atoms in total. The van der Waals surface area contributed by atoms with E-state index in [-0.39, 0.29) is 0 Å². The Morgan fingerprint density at radius 3 is 1.79 bits per heavy atom. The number of nitrogens with zero attached hydrogens (tertiary/aromatic N) is 3. The first-order valence-electron chi connectivity index (χ1n) is 13.8. The molecule has 0 atom stereocenters. The summed E-state index contributed by atoms with van der Waals surface area (Å²) in [6, 6.07) is 21.2. The predicted octanol–water partition coefficient (Wildman–Crippen LogP) is 4.16. The van der Waals surface area contributed by atoms with Gasteiger partial charge in [0, 0.05) is 38.3 Å². The molecule has 2 aliphatic heterocycles. The standard InChI is InChI=1S/C28H39N3O.C2H2O4/c1-32-28-10-6-5-9-27(28)31-21-19-30(20-22-31)26-15-17-29(18-16-26)25-13-11-24(12-14-25)23-7-3-2-4-8-23;3-1(4)2(5)6/h2-10,24-26H,11-22H2,1H3;(H,3,4)(H,5,6). The van der Waals surface area contributed by atoms with E-state index in [0.717, 1.165) is 36.8 Å². The van der Waals surface area contributed by atoms with Crippen LogP contribution in [0.3, 0.4) is 0 Å². The number of anilines is 1. The lowest BCUT2D eigenvalue weighted by Gasteiger charge is -2.46. The molecule has 0 amide bonds. The summed E-state index contributed by atoms with van der Waals surface area (Å²) in [5, 5.41) is 14.8. The molecule has 38 heavy (non-hydrogen) atoms. The van der Waals surface area contributed by atoms with Crippen LogP contribution in [0.5, 0.6) is 5.75 Å². The lowest BCUT2D eigenvalue weighted by atomic mass is 9.81. The quantitative estimate of drug-likeness (QED) is 0.565. The number of methoxy groups -OCH3 is 1. The summed E-state index contributed by atoms with van der Waals surface area (Å²) < 4.78 is 5.58. The smallest absolute Gasteiger partial charge is 0.414 e. The summed E-state index contributed by atoms with van der Waals surface area (Å²) in [6.45, 7) is 7.13. The molecule has 0 radical (unpaired) electrons. The van der Waals surface area contributed by atoms with Crippen molar-refractivity contribution in [3.8, 4) is 5.75 Å². The van der Waals surface area contributed by atoms with Crippen LogP contribution in [0.1, 0.15) is 50.0 Å². The molecular weight excluding hydrogens is 482 g/mol. The predicted molar refractivity (Wildman–Crippen MR) is 148 cm³/mol. The number of piperazine rings is 1. The zero-order valence-corrected chi connectivity index (χ0v) is 22.4. The minimum Gasteiger partial charge on any atom is -0.495 e. The second kappa shape index (κ2) is 13.6. The monoisotopic (exact) mass is 523 g/mol. The minimum atomic E-state index is -1.82. The van der Waals surface area contributed by atoms with Gasteiger partial charge in [-0.05, 0) is 75.2 Å². The molecular formula is C30H41N3O5. The fourth-order valence-corrected chi connectivity index (χ4v) is 6.33. The van der Waals surface area contributed by atoms with Crippen LogP contribution in [0.15, 0.2) is 54.6 Å². The highest BCUT2D eigenvalue weighted by Crippen LogP contribution is 2.36. The van der Waals surface area contributed by atoms with Crippen molar-refractivity contribution in [1.82, 2.24) is 9.80 Å². The van der Waals surface area contributed by atoms with E-state index in [9.17, 15) is 0 Å². The molecule has 1 aliphatic carbocycles. The number of likely N-dealkylation sites (tertiary alicyclic amines) is 1. The highest BCUT2D eigenvalue weighted by atomic mass is 16.5. The molecule has 3 aliphatic rings. The zero-order chi connectivity index (χ0) is 26.9. The average Bonchev–Trinajstić information content (AvgIpc) is 2.98. The summed E-state index contributed by atoms with van der Waals surface area (Å²) in [6.07, 6.45) is 8.16. The fraction of sp³-hybridized carbons (Fsp3) is 0.533. The number of ether oxygens (including phenoxy) is 1. The van der Waals surface area contributed by atoms with Crippen molar-refractivity contribution in [1.29, 1.82) is 0 Å². The van der Waals surface area contributed by atoms with Gasteiger partial charge in [0.25, 0.3) is 0 Å². The first-order valence-corrected chi connectivity index (χ1v) is 13.8. The van der Waals surface area contributed by atoms with Crippen molar-refractivity contribution in [2.24, 2.45) is 0 Å². The van der Waals surface area contributed by atoms with Crippen molar-refractivity contribution in [3.05, 3.63) is 60.2 Å². The third-order valence-corrected chi connectivity index (χ3v) is 8.42. The Balaban J connectivity index is 0.000000505. The number of hydrogen-bond donors (Lipinski definition) is 2. The van der Waals surface area contributed by atoms with Crippen LogP contribution in [0.4, 0.5) is 5.69 Å². The number of benzene rings is 2. The van der Waals surface area contributed by atoms with Gasteiger partial charge in [0.2, 0.25) is 0 Å². The highest BCUT2D eigenvalue weighted by molar-refractivity contribution is 6.27. The van der Waals surface area contributed by atoms with Crippen molar-refractivity contribution in [2.75, 3.05) is 51.3 Å². The molecule has 8 heteroatoms. The maximum Gasteiger partial charge on any atom is 0.414 e. The van der Waals surface area contributed by atoms with E-state index in [1.807, 2.05) is 0 Å². The van der Waals surface area contributed by atoms with Gasteiger partial charge in [-0.1, -0.05) is 42.5 Å². The number of carboxylic acid groups (broad SMARTS) is 2. The van der Waals surface area contributed by atoms with Crippen molar-refractivity contribution in [2.45, 2.75) is 56.5 Å². The first kappa shape index (κ1) is 27.9. The van der Waals surface area contributed by atoms with Gasteiger partial charge in [-0.15, -0.1) is 0 Å². The molecule has 0 spiro atoms. The topological polar surface area (TPSA) is 93.5 Å². The first-order chi connectivity index (χ1) is 18.5. The molecule has 0 bridgehead atoms. The van der Waals surface area contributed by atoms with Crippen LogP contribution in [0.2, 0.25) is 0 Å². The summed E-state index contributed by atoms with van der Waals surface area (Å²) in [7, 11) is 1.77. The van der Waals surface area contributed by atoms with Gasteiger partial charge in [0.05, 0.1) is 12.8 Å². The van der Waals surface area contributed by atoms with Gasteiger partial charge in [0.1, 0.15) is 5.75 Å². The molecule has 2 aromatic carbocycles. The van der Waals surface area contributed by atoms with E-state index in [2.05, 4.69) is 69.3 Å². The second-order valence-corrected chi connectivity index (χ2v) is 10.5. The number of aliphatic carboxylic acids is 2. The number of para-hydroxylation sites is 2. The van der Waals surface area contributed by atoms with Gasteiger partial charge < -0.3 is 24.7 Å². The number of piperidine rings is 1. The Bertz CT molecular complexity index is 1010. The number of carboxylic acids is 2. The maximum absolute atomic E-state index is 9.10. The molecule has 2 N–H and O–H groups in total. The molecule has 2 saturated heterocycles. The SMILES string of the molecule is COc1ccccc1N1CCN(C2CCN(C3CCC(c4ccccc4)CC3)CC2)CC1.O=C(O)C(=O)O. The lowest BCUT2D eigenvalue weighted by molar-refractivity contribution is -0.159. The number of rotatable bonds is 5. The maximum atomic E-state index is 9.10. The average molecular weight is 524 g/mol. The molecule has 0 aromatic heterocycles. The van der Waals surface area contributed by atoms with Crippen LogP contribution in [-0.4, -0.2) is 90.4 Å². The molecule has 3 fully saturated rings. The Morgan fingerprint density at radius 1 is 0.684 bits per heavy atom. The van der Waals surface area contributed by atoms with E-state index in [1.54, 1.807) is 12.7 Å². The lowest BCUT2D eigenvalue weighted by Crippen LogP contribution is -2.54. The summed E-state index contributed by atoms with van der Waals surface area (Å²) in [5.74, 6) is -1.87.